The van der Waals surface area contributed by atoms with Crippen molar-refractivity contribution in [3.8, 4) is 5.75 Å². The van der Waals surface area contributed by atoms with E-state index >= 15 is 0 Å². The minimum Gasteiger partial charge on any atom is -0.508 e. The Bertz CT molecular complexity index is 1130. The molecule has 0 aliphatic carbocycles. The van der Waals surface area contributed by atoms with Crippen molar-refractivity contribution in [3.05, 3.63) is 100 Å². The van der Waals surface area contributed by atoms with Gasteiger partial charge in [0.25, 0.3) is 5.91 Å². The molecule has 0 aliphatic heterocycles. The Kier molecular flexibility index (Phi) is 8.98. The number of halogens is 1. The first kappa shape index (κ1) is 26.3. The third-order valence-corrected chi connectivity index (χ3v) is 5.88. The van der Waals surface area contributed by atoms with Crippen molar-refractivity contribution in [1.29, 1.82) is 0 Å². The van der Waals surface area contributed by atoms with E-state index in [0.717, 1.165) is 11.1 Å². The lowest BCUT2D eigenvalue weighted by Gasteiger charge is -2.28. The first-order valence-electron chi connectivity index (χ1n) is 11.6. The molecule has 0 saturated heterocycles. The van der Waals surface area contributed by atoms with Crippen LogP contribution in [0.1, 0.15) is 52.6 Å². The summed E-state index contributed by atoms with van der Waals surface area (Å²) in [5, 5.41) is 35.9. The van der Waals surface area contributed by atoms with Crippen LogP contribution < -0.4 is 10.6 Å². The maximum absolute atomic E-state index is 13.0. The van der Waals surface area contributed by atoms with Crippen LogP contribution in [0.5, 0.6) is 5.75 Å². The quantitative estimate of drug-likeness (QED) is 0.288. The van der Waals surface area contributed by atoms with Crippen LogP contribution in [0.15, 0.2) is 66.7 Å². The molecule has 0 bridgehead atoms. The van der Waals surface area contributed by atoms with Gasteiger partial charge >= 0.3 is 0 Å². The van der Waals surface area contributed by atoms with Crippen LogP contribution in [0.3, 0.4) is 0 Å². The fourth-order valence-electron chi connectivity index (χ4n) is 3.90. The number of β-amino-alcohol motifs (C(OH)–C–C–N with tert-alkyl or cyclic N) is 1. The maximum Gasteiger partial charge on any atom is 0.251 e. The summed E-state index contributed by atoms with van der Waals surface area (Å²) in [6.07, 6.45) is 0.443. The number of aliphatic hydroxyl groups excluding tert-OH is 2. The lowest BCUT2D eigenvalue weighted by molar-refractivity contribution is 0.0954. The van der Waals surface area contributed by atoms with Gasteiger partial charge in [0.1, 0.15) is 11.6 Å². The lowest BCUT2D eigenvalue weighted by atomic mass is 9.93. The van der Waals surface area contributed by atoms with Gasteiger partial charge in [0.05, 0.1) is 12.7 Å². The van der Waals surface area contributed by atoms with Gasteiger partial charge in [-0.25, -0.2) is 4.39 Å². The summed E-state index contributed by atoms with van der Waals surface area (Å²) < 4.78 is 13.0. The molecule has 0 unspecified atom stereocenters. The average molecular weight is 481 g/mol. The first-order valence-corrected chi connectivity index (χ1v) is 11.6. The van der Waals surface area contributed by atoms with E-state index in [2.05, 4.69) is 10.6 Å². The van der Waals surface area contributed by atoms with Crippen LogP contribution >= 0.6 is 0 Å². The van der Waals surface area contributed by atoms with Crippen molar-refractivity contribution < 1.29 is 24.5 Å². The fourth-order valence-corrected chi connectivity index (χ4v) is 3.90. The molecular weight excluding hydrogens is 447 g/mol. The van der Waals surface area contributed by atoms with Crippen LogP contribution in [0, 0.1) is 5.82 Å². The largest absolute Gasteiger partial charge is 0.508 e. The Morgan fingerprint density at radius 3 is 2.49 bits per heavy atom. The van der Waals surface area contributed by atoms with Gasteiger partial charge in [0.2, 0.25) is 0 Å². The molecular formula is C28H33FN2O4. The Morgan fingerprint density at radius 2 is 1.77 bits per heavy atom. The summed E-state index contributed by atoms with van der Waals surface area (Å²) in [4.78, 5) is 12.6. The van der Waals surface area contributed by atoms with E-state index in [-0.39, 0.29) is 36.2 Å². The number of nitrogens with one attached hydrogen (secondary N) is 2. The number of hydrogen-bond donors (Lipinski definition) is 5. The minimum absolute atomic E-state index is 0.00360. The molecule has 0 aliphatic rings. The lowest BCUT2D eigenvalue weighted by Crippen LogP contribution is -2.43. The zero-order valence-electron chi connectivity index (χ0n) is 20.1. The van der Waals surface area contributed by atoms with Crippen LogP contribution in [0.4, 0.5) is 4.39 Å². The zero-order chi connectivity index (χ0) is 25.4. The molecule has 7 heteroatoms. The zero-order valence-corrected chi connectivity index (χ0v) is 20.1. The SMILES string of the molecule is CC(C)(Cc1cccc(C(=O)NCCc2ccc(F)cc2)c1)NC[C@@H](O)c1ccc(O)c(CO)c1. The number of benzene rings is 3. The van der Waals surface area contributed by atoms with Crippen molar-refractivity contribution >= 4 is 5.91 Å². The molecule has 5 N–H and O–H groups in total. The van der Waals surface area contributed by atoms with Crippen molar-refractivity contribution in [2.75, 3.05) is 13.1 Å². The molecule has 0 spiro atoms. The van der Waals surface area contributed by atoms with Gasteiger partial charge in [-0.3, -0.25) is 4.79 Å². The first-order chi connectivity index (χ1) is 16.7. The highest BCUT2D eigenvalue weighted by Crippen LogP contribution is 2.23. The third-order valence-electron chi connectivity index (χ3n) is 5.88. The molecule has 35 heavy (non-hydrogen) atoms. The van der Waals surface area contributed by atoms with E-state index in [1.165, 1.54) is 18.2 Å². The molecule has 0 aromatic heterocycles. The average Bonchev–Trinajstić information content (AvgIpc) is 2.84. The number of phenols is 1. The number of aromatic hydroxyl groups is 1. The molecule has 0 radical (unpaired) electrons. The summed E-state index contributed by atoms with van der Waals surface area (Å²) in [6, 6.07) is 18.4. The molecule has 1 amide bonds. The van der Waals surface area contributed by atoms with Crippen LogP contribution in [0.25, 0.3) is 0 Å². The number of amides is 1. The van der Waals surface area contributed by atoms with Crippen molar-refractivity contribution in [3.63, 3.8) is 0 Å². The predicted molar refractivity (Wildman–Crippen MR) is 134 cm³/mol. The van der Waals surface area contributed by atoms with E-state index in [9.17, 15) is 24.5 Å². The second-order valence-electron chi connectivity index (χ2n) is 9.34. The number of aliphatic hydroxyl groups is 2. The van der Waals surface area contributed by atoms with Crippen molar-refractivity contribution in [1.82, 2.24) is 10.6 Å². The summed E-state index contributed by atoms with van der Waals surface area (Å²) in [5.74, 6) is -0.448. The third kappa shape index (κ3) is 7.89. The molecule has 6 nitrogen and oxygen atoms in total. The van der Waals surface area contributed by atoms with E-state index in [4.69, 9.17) is 0 Å². The molecule has 0 fully saturated rings. The highest BCUT2D eigenvalue weighted by Gasteiger charge is 2.21. The number of rotatable bonds is 11. The highest BCUT2D eigenvalue weighted by atomic mass is 19.1. The second-order valence-corrected chi connectivity index (χ2v) is 9.34. The molecule has 186 valence electrons. The standard InChI is InChI=1S/C28H33FN2O4/c1-28(2,31-17-26(34)21-8-11-25(33)23(15-21)18-32)16-20-4-3-5-22(14-20)27(35)30-13-12-19-6-9-24(29)10-7-19/h3-11,14-15,26,31-34H,12-13,16-18H2,1-2H3,(H,30,35)/t26-/m1/s1. The van der Waals surface area contributed by atoms with Crippen LogP contribution in [-0.4, -0.2) is 39.9 Å². The normalized spacial score (nSPS) is 12.4. The van der Waals surface area contributed by atoms with Crippen LogP contribution in [0.2, 0.25) is 0 Å². The van der Waals surface area contributed by atoms with Gasteiger partial charge < -0.3 is 26.0 Å². The molecule has 0 heterocycles. The molecule has 3 aromatic rings. The van der Waals surface area contributed by atoms with Gasteiger partial charge in [-0.2, -0.15) is 0 Å². The van der Waals surface area contributed by atoms with Gasteiger partial charge in [-0.1, -0.05) is 30.3 Å². The number of hydrogen-bond acceptors (Lipinski definition) is 5. The summed E-state index contributed by atoms with van der Waals surface area (Å²) in [7, 11) is 0. The topological polar surface area (TPSA) is 102 Å². The van der Waals surface area contributed by atoms with Gasteiger partial charge in [-0.15, -0.1) is 0 Å². The monoisotopic (exact) mass is 480 g/mol. The molecule has 0 saturated carbocycles. The second kappa shape index (κ2) is 11.9. The highest BCUT2D eigenvalue weighted by molar-refractivity contribution is 5.94. The minimum atomic E-state index is -0.807. The summed E-state index contributed by atoms with van der Waals surface area (Å²) >= 11 is 0. The number of carbonyl (C=O) groups excluding carboxylic acids is 1. The van der Waals surface area contributed by atoms with Gasteiger partial charge in [0.15, 0.2) is 0 Å². The number of carbonyl (C=O) groups is 1. The summed E-state index contributed by atoms with van der Waals surface area (Å²) in [6.45, 7) is 4.47. The Balaban J connectivity index is 1.53. The van der Waals surface area contributed by atoms with E-state index in [1.54, 1.807) is 30.3 Å². The van der Waals surface area contributed by atoms with E-state index in [0.29, 0.717) is 36.1 Å². The van der Waals surface area contributed by atoms with Crippen molar-refractivity contribution in [2.45, 2.75) is 44.9 Å². The Labute approximate surface area is 205 Å². The molecule has 1 atom stereocenters. The fraction of sp³-hybridized carbons (Fsp3) is 0.321. The summed E-state index contributed by atoms with van der Waals surface area (Å²) in [5.41, 5.74) is 3.11. The van der Waals surface area contributed by atoms with Crippen molar-refractivity contribution in [2.24, 2.45) is 0 Å². The van der Waals surface area contributed by atoms with Gasteiger partial charge in [-0.05, 0) is 79.8 Å². The Morgan fingerprint density at radius 1 is 1.03 bits per heavy atom. The predicted octanol–water partition coefficient (Wildman–Crippen LogP) is 3.64. The molecule has 3 rings (SSSR count). The van der Waals surface area contributed by atoms with E-state index < -0.39 is 6.10 Å². The Hall–Kier alpha value is -3.26. The van der Waals surface area contributed by atoms with Gasteiger partial charge in [0, 0.05) is 29.8 Å². The van der Waals surface area contributed by atoms with E-state index in [1.807, 2.05) is 32.0 Å². The molecule has 3 aromatic carbocycles. The van der Waals surface area contributed by atoms with Crippen LogP contribution in [-0.2, 0) is 19.4 Å². The maximum atomic E-state index is 13.0. The smallest absolute Gasteiger partial charge is 0.251 e.